The molecule has 0 aromatic heterocycles. The molecule has 1 aliphatic rings. The van der Waals surface area contributed by atoms with Gasteiger partial charge in [0.25, 0.3) is 0 Å². The van der Waals surface area contributed by atoms with E-state index >= 15 is 0 Å². The second kappa shape index (κ2) is 4.88. The first-order chi connectivity index (χ1) is 8.13. The molecule has 0 aliphatic heterocycles. The molecule has 0 spiro atoms. The van der Waals surface area contributed by atoms with Crippen molar-refractivity contribution in [3.63, 3.8) is 0 Å². The lowest BCUT2D eigenvalue weighted by atomic mass is 9.81. The largest absolute Gasteiger partial charge is 0.479 e. The molecule has 2 rings (SSSR count). The normalized spacial score (nSPS) is 20.1. The van der Waals surface area contributed by atoms with Crippen molar-refractivity contribution in [1.82, 2.24) is 0 Å². The topological polar surface area (TPSA) is 57.5 Å². The van der Waals surface area contributed by atoms with E-state index in [-0.39, 0.29) is 12.3 Å². The number of hydrogen-bond acceptors (Lipinski definition) is 2. The maximum absolute atomic E-state index is 11.4. The number of carbonyl (C=O) groups is 1. The minimum Gasteiger partial charge on any atom is -0.479 e. The van der Waals surface area contributed by atoms with Crippen molar-refractivity contribution in [1.29, 1.82) is 0 Å². The van der Waals surface area contributed by atoms with Gasteiger partial charge >= 0.3 is 5.97 Å². The molecule has 17 heavy (non-hydrogen) atoms. The Balaban J connectivity index is 2.19. The van der Waals surface area contributed by atoms with Gasteiger partial charge in [-0.15, -0.1) is 0 Å². The van der Waals surface area contributed by atoms with Crippen molar-refractivity contribution >= 4 is 5.97 Å². The monoisotopic (exact) mass is 234 g/mol. The summed E-state index contributed by atoms with van der Waals surface area (Å²) in [7, 11) is 0. The molecule has 92 valence electrons. The Morgan fingerprint density at radius 2 is 1.82 bits per heavy atom. The summed E-state index contributed by atoms with van der Waals surface area (Å²) in [6.07, 6.45) is 3.88. The molecule has 2 N–H and O–H groups in total. The number of hydrogen-bond donors (Lipinski definition) is 2. The molecular formula is C14H18O3. The lowest BCUT2D eigenvalue weighted by Crippen LogP contribution is -2.47. The summed E-state index contributed by atoms with van der Waals surface area (Å²) in [6.45, 7) is 0. The summed E-state index contributed by atoms with van der Waals surface area (Å²) in [4.78, 5) is 11.4. The summed E-state index contributed by atoms with van der Waals surface area (Å²) in [5.74, 6) is -1.20. The minimum absolute atomic E-state index is 0.111. The third-order valence-corrected chi connectivity index (χ3v) is 3.72. The highest BCUT2D eigenvalue weighted by molar-refractivity contribution is 5.78. The molecule has 1 aliphatic carbocycles. The van der Waals surface area contributed by atoms with Crippen molar-refractivity contribution in [3.8, 4) is 0 Å². The second-order valence-electron chi connectivity index (χ2n) is 4.87. The van der Waals surface area contributed by atoms with Crippen LogP contribution < -0.4 is 0 Å². The maximum Gasteiger partial charge on any atom is 0.336 e. The average Bonchev–Trinajstić information content (AvgIpc) is 2.84. The Morgan fingerprint density at radius 1 is 1.24 bits per heavy atom. The molecule has 3 heteroatoms. The van der Waals surface area contributed by atoms with Crippen molar-refractivity contribution in [3.05, 3.63) is 35.9 Å². The van der Waals surface area contributed by atoms with Gasteiger partial charge < -0.3 is 10.2 Å². The third-order valence-electron chi connectivity index (χ3n) is 3.72. The van der Waals surface area contributed by atoms with E-state index < -0.39 is 11.6 Å². The van der Waals surface area contributed by atoms with Crippen LogP contribution in [0.5, 0.6) is 0 Å². The van der Waals surface area contributed by atoms with E-state index in [1.165, 1.54) is 0 Å². The number of aliphatic hydroxyl groups is 1. The first kappa shape index (κ1) is 12.1. The molecule has 1 atom stereocenters. The zero-order chi connectivity index (χ0) is 12.3. The van der Waals surface area contributed by atoms with E-state index in [0.717, 1.165) is 31.2 Å². The molecule has 0 saturated heterocycles. The predicted molar refractivity (Wildman–Crippen MR) is 64.7 cm³/mol. The molecule has 0 amide bonds. The van der Waals surface area contributed by atoms with Crippen LogP contribution in [0.2, 0.25) is 0 Å². The van der Waals surface area contributed by atoms with Crippen LogP contribution >= 0.6 is 0 Å². The van der Waals surface area contributed by atoms with Crippen LogP contribution in [0, 0.1) is 5.92 Å². The van der Waals surface area contributed by atoms with Gasteiger partial charge in [-0.25, -0.2) is 4.79 Å². The van der Waals surface area contributed by atoms with Gasteiger partial charge in [-0.2, -0.15) is 0 Å². The quantitative estimate of drug-likeness (QED) is 0.840. The number of aliphatic carboxylic acids is 1. The van der Waals surface area contributed by atoms with Gasteiger partial charge in [0, 0.05) is 6.42 Å². The van der Waals surface area contributed by atoms with Gasteiger partial charge in [-0.05, 0) is 24.3 Å². The number of rotatable bonds is 4. The van der Waals surface area contributed by atoms with E-state index in [1.54, 1.807) is 0 Å². The van der Waals surface area contributed by atoms with Crippen LogP contribution in [-0.4, -0.2) is 21.8 Å². The van der Waals surface area contributed by atoms with Crippen LogP contribution in [0.3, 0.4) is 0 Å². The van der Waals surface area contributed by atoms with E-state index in [9.17, 15) is 15.0 Å². The summed E-state index contributed by atoms with van der Waals surface area (Å²) >= 11 is 0. The predicted octanol–water partition coefficient (Wildman–Crippen LogP) is 2.24. The third kappa shape index (κ3) is 2.50. The molecule has 0 bridgehead atoms. The first-order valence-electron chi connectivity index (χ1n) is 6.12. The van der Waals surface area contributed by atoms with E-state index in [0.29, 0.717) is 0 Å². The van der Waals surface area contributed by atoms with Crippen LogP contribution in [0.1, 0.15) is 31.2 Å². The highest BCUT2D eigenvalue weighted by atomic mass is 16.4. The van der Waals surface area contributed by atoms with Gasteiger partial charge in [-0.3, -0.25) is 0 Å². The number of carboxylic acids is 1. The summed E-state index contributed by atoms with van der Waals surface area (Å²) in [6, 6.07) is 9.35. The number of benzene rings is 1. The molecule has 1 saturated carbocycles. The fourth-order valence-corrected chi connectivity index (χ4v) is 2.71. The first-order valence-corrected chi connectivity index (χ1v) is 6.12. The van der Waals surface area contributed by atoms with Crippen molar-refractivity contribution in [2.24, 2.45) is 5.92 Å². The van der Waals surface area contributed by atoms with Crippen LogP contribution in [-0.2, 0) is 11.2 Å². The Morgan fingerprint density at radius 3 is 2.35 bits per heavy atom. The van der Waals surface area contributed by atoms with Gasteiger partial charge in [0.15, 0.2) is 5.60 Å². The van der Waals surface area contributed by atoms with E-state index in [4.69, 9.17) is 0 Å². The van der Waals surface area contributed by atoms with Crippen molar-refractivity contribution in [2.45, 2.75) is 37.7 Å². The van der Waals surface area contributed by atoms with Gasteiger partial charge in [0.1, 0.15) is 0 Å². The molecule has 3 nitrogen and oxygen atoms in total. The number of carboxylic acid groups (broad SMARTS) is 1. The average molecular weight is 234 g/mol. The second-order valence-corrected chi connectivity index (χ2v) is 4.87. The fourth-order valence-electron chi connectivity index (χ4n) is 2.71. The van der Waals surface area contributed by atoms with Gasteiger partial charge in [0.05, 0.1) is 0 Å². The maximum atomic E-state index is 11.4. The van der Waals surface area contributed by atoms with E-state index in [1.807, 2.05) is 30.3 Å². The SMILES string of the molecule is O=C(O)C(O)(Cc1ccccc1)C1CCCC1. The Hall–Kier alpha value is -1.35. The molecule has 1 unspecified atom stereocenters. The highest BCUT2D eigenvalue weighted by Crippen LogP contribution is 2.36. The van der Waals surface area contributed by atoms with Crippen LogP contribution in [0.25, 0.3) is 0 Å². The molecule has 1 aromatic carbocycles. The Bertz CT molecular complexity index is 382. The zero-order valence-corrected chi connectivity index (χ0v) is 9.80. The van der Waals surface area contributed by atoms with Gasteiger partial charge in [0.2, 0.25) is 0 Å². The highest BCUT2D eigenvalue weighted by Gasteiger charge is 2.44. The Labute approximate surface area is 101 Å². The van der Waals surface area contributed by atoms with Crippen LogP contribution in [0.15, 0.2) is 30.3 Å². The van der Waals surface area contributed by atoms with Crippen LogP contribution in [0.4, 0.5) is 0 Å². The molecule has 0 heterocycles. The summed E-state index contributed by atoms with van der Waals surface area (Å²) < 4.78 is 0. The standard InChI is InChI=1S/C14H18O3/c15-13(16)14(17,12-8-4-5-9-12)10-11-6-2-1-3-7-11/h1-3,6-7,12,17H,4-5,8-10H2,(H,15,16). The van der Waals surface area contributed by atoms with Gasteiger partial charge in [-0.1, -0.05) is 43.2 Å². The zero-order valence-electron chi connectivity index (χ0n) is 9.80. The molecule has 0 radical (unpaired) electrons. The summed E-state index contributed by atoms with van der Waals surface area (Å²) in [5, 5.41) is 19.7. The lowest BCUT2D eigenvalue weighted by molar-refractivity contribution is -0.164. The smallest absolute Gasteiger partial charge is 0.336 e. The Kier molecular flexibility index (Phi) is 3.48. The molecule has 1 aromatic rings. The molecular weight excluding hydrogens is 216 g/mol. The summed E-state index contributed by atoms with van der Waals surface area (Å²) in [5.41, 5.74) is -0.720. The molecule has 1 fully saturated rings. The van der Waals surface area contributed by atoms with Crippen molar-refractivity contribution in [2.75, 3.05) is 0 Å². The fraction of sp³-hybridized carbons (Fsp3) is 0.500. The lowest BCUT2D eigenvalue weighted by Gasteiger charge is -2.29. The van der Waals surface area contributed by atoms with Crippen molar-refractivity contribution < 1.29 is 15.0 Å². The minimum atomic E-state index is -1.60. The van der Waals surface area contributed by atoms with E-state index in [2.05, 4.69) is 0 Å².